The van der Waals surface area contributed by atoms with Crippen LogP contribution < -0.4 is 0 Å². The number of H-pyrrole nitrogens is 2. The third kappa shape index (κ3) is 3.26. The number of imidazole rings is 1. The molecular formula is C23H26N4O4. The van der Waals surface area contributed by atoms with E-state index in [0.29, 0.717) is 18.7 Å². The monoisotopic (exact) mass is 422 g/mol. The Morgan fingerprint density at radius 3 is 2.68 bits per heavy atom. The number of hydrogen-bond acceptors (Lipinski definition) is 6. The van der Waals surface area contributed by atoms with Gasteiger partial charge in [-0.3, -0.25) is 0 Å². The number of ether oxygens (including phenoxy) is 3. The van der Waals surface area contributed by atoms with Gasteiger partial charge in [-0.2, -0.15) is 0 Å². The third-order valence-corrected chi connectivity index (χ3v) is 5.57. The number of benzene rings is 1. The summed E-state index contributed by atoms with van der Waals surface area (Å²) in [5.74, 6) is -0.308. The van der Waals surface area contributed by atoms with Crippen molar-refractivity contribution in [1.29, 1.82) is 0 Å². The summed E-state index contributed by atoms with van der Waals surface area (Å²) >= 11 is 0. The first kappa shape index (κ1) is 20.0. The molecule has 2 N–H and O–H groups in total. The van der Waals surface area contributed by atoms with Gasteiger partial charge in [-0.15, -0.1) is 0 Å². The van der Waals surface area contributed by atoms with Gasteiger partial charge in [-0.05, 0) is 51.8 Å². The predicted octanol–water partition coefficient (Wildman–Crippen LogP) is 4.54. The third-order valence-electron chi connectivity index (χ3n) is 5.57. The summed E-state index contributed by atoms with van der Waals surface area (Å²) < 4.78 is 17.1. The smallest absolute Gasteiger partial charge is 0.357 e. The van der Waals surface area contributed by atoms with Crippen LogP contribution in [0.1, 0.15) is 62.6 Å². The molecular weight excluding hydrogens is 396 g/mol. The summed E-state index contributed by atoms with van der Waals surface area (Å²) in [5.41, 5.74) is 4.75. The Labute approximate surface area is 179 Å². The molecule has 0 radical (unpaired) electrons. The second-order valence-electron chi connectivity index (χ2n) is 8.63. The minimum Gasteiger partial charge on any atom is -0.458 e. The number of carbonyl (C=O) groups excluding carboxylic acids is 1. The summed E-state index contributed by atoms with van der Waals surface area (Å²) in [6.07, 6.45) is 1.87. The molecule has 1 saturated heterocycles. The van der Waals surface area contributed by atoms with Crippen molar-refractivity contribution in [2.24, 2.45) is 0 Å². The Kier molecular flexibility index (Phi) is 4.53. The van der Waals surface area contributed by atoms with E-state index in [0.717, 1.165) is 44.2 Å². The highest BCUT2D eigenvalue weighted by molar-refractivity contribution is 6.20. The van der Waals surface area contributed by atoms with E-state index in [9.17, 15) is 4.79 Å². The fraction of sp³-hybridized carbons (Fsp3) is 0.435. The largest absolute Gasteiger partial charge is 0.458 e. The number of aryl methyl sites for hydroxylation is 1. The molecule has 3 aromatic heterocycles. The Hall–Kier alpha value is -2.97. The number of aromatic nitrogens is 4. The van der Waals surface area contributed by atoms with E-state index in [1.54, 1.807) is 6.20 Å². The van der Waals surface area contributed by atoms with Crippen LogP contribution in [-0.2, 0) is 20.6 Å². The van der Waals surface area contributed by atoms with Gasteiger partial charge in [0.1, 0.15) is 11.9 Å². The fourth-order valence-corrected chi connectivity index (χ4v) is 4.29. The van der Waals surface area contributed by atoms with Crippen molar-refractivity contribution in [1.82, 2.24) is 19.9 Å². The van der Waals surface area contributed by atoms with E-state index in [1.165, 1.54) is 0 Å². The van der Waals surface area contributed by atoms with Gasteiger partial charge in [0, 0.05) is 16.3 Å². The molecule has 1 fully saturated rings. The number of carbonyl (C=O) groups is 1. The summed E-state index contributed by atoms with van der Waals surface area (Å²) in [6, 6.07) is 4.01. The van der Waals surface area contributed by atoms with Crippen molar-refractivity contribution in [2.45, 2.75) is 59.0 Å². The summed E-state index contributed by atoms with van der Waals surface area (Å²) in [5, 5.41) is 1.92. The highest BCUT2D eigenvalue weighted by Gasteiger charge is 2.35. The summed E-state index contributed by atoms with van der Waals surface area (Å²) in [7, 11) is 0. The van der Waals surface area contributed by atoms with E-state index < -0.39 is 11.8 Å². The zero-order valence-corrected chi connectivity index (χ0v) is 18.3. The Balaban J connectivity index is 1.73. The standard InChI is InChI=1S/C23H26N4O4/c1-6-12-17-15(9-24-19(12)22(28)30-11(2)3)25-13-7-8-14-20(18(13)17)27-21(26-14)16-10-29-23(4,5)31-16/h7-9,11,16,25H,6,10H2,1-5H3,(H,26,27). The van der Waals surface area contributed by atoms with E-state index in [1.807, 2.05) is 46.8 Å². The fourth-order valence-electron chi connectivity index (χ4n) is 4.29. The molecule has 0 spiro atoms. The van der Waals surface area contributed by atoms with Gasteiger partial charge < -0.3 is 24.2 Å². The molecule has 8 heteroatoms. The number of aromatic amines is 2. The van der Waals surface area contributed by atoms with Gasteiger partial charge >= 0.3 is 5.97 Å². The lowest BCUT2D eigenvalue weighted by Crippen LogP contribution is -2.19. The van der Waals surface area contributed by atoms with E-state index >= 15 is 0 Å². The first-order valence-electron chi connectivity index (χ1n) is 10.6. The highest BCUT2D eigenvalue weighted by Crippen LogP contribution is 2.37. The normalized spacial score (nSPS) is 18.6. The molecule has 0 bridgehead atoms. The second kappa shape index (κ2) is 7.03. The molecule has 1 aromatic carbocycles. The quantitative estimate of drug-likeness (QED) is 0.468. The molecule has 8 nitrogen and oxygen atoms in total. The van der Waals surface area contributed by atoms with Crippen molar-refractivity contribution in [3.63, 3.8) is 0 Å². The molecule has 1 aliphatic heterocycles. The maximum Gasteiger partial charge on any atom is 0.357 e. The molecule has 162 valence electrons. The van der Waals surface area contributed by atoms with Crippen molar-refractivity contribution in [3.05, 3.63) is 35.4 Å². The average molecular weight is 422 g/mol. The van der Waals surface area contributed by atoms with Crippen LogP contribution in [0.5, 0.6) is 0 Å². The number of nitrogens with zero attached hydrogens (tertiary/aromatic N) is 2. The lowest BCUT2D eigenvalue weighted by atomic mass is 10.0. The SMILES string of the molecule is CCc1c(C(=O)OC(C)C)ncc2[nH]c3ccc4[nH]c(C5COC(C)(C)O5)nc4c3c12. The number of hydrogen-bond donors (Lipinski definition) is 2. The Morgan fingerprint density at radius 1 is 1.23 bits per heavy atom. The Morgan fingerprint density at radius 2 is 2.00 bits per heavy atom. The van der Waals surface area contributed by atoms with Gasteiger partial charge in [0.2, 0.25) is 0 Å². The van der Waals surface area contributed by atoms with E-state index in [4.69, 9.17) is 19.2 Å². The van der Waals surface area contributed by atoms with Crippen LogP contribution in [0.15, 0.2) is 18.3 Å². The molecule has 1 atom stereocenters. The molecule has 4 heterocycles. The van der Waals surface area contributed by atoms with Gasteiger partial charge in [-0.25, -0.2) is 14.8 Å². The first-order valence-corrected chi connectivity index (χ1v) is 10.6. The van der Waals surface area contributed by atoms with Crippen molar-refractivity contribution >= 4 is 38.8 Å². The summed E-state index contributed by atoms with van der Waals surface area (Å²) in [6.45, 7) is 9.91. The van der Waals surface area contributed by atoms with Gasteiger partial charge in [0.05, 0.1) is 35.5 Å². The zero-order chi connectivity index (χ0) is 21.9. The summed E-state index contributed by atoms with van der Waals surface area (Å²) in [4.78, 5) is 28.8. The Bertz CT molecular complexity index is 1320. The maximum absolute atomic E-state index is 12.7. The van der Waals surface area contributed by atoms with Crippen molar-refractivity contribution in [3.8, 4) is 0 Å². The highest BCUT2D eigenvalue weighted by atomic mass is 16.7. The molecule has 1 aliphatic rings. The number of esters is 1. The van der Waals surface area contributed by atoms with Crippen LogP contribution in [0.2, 0.25) is 0 Å². The van der Waals surface area contributed by atoms with Crippen LogP contribution in [0.25, 0.3) is 32.8 Å². The number of nitrogens with one attached hydrogen (secondary N) is 2. The van der Waals surface area contributed by atoms with Gasteiger partial charge in [0.25, 0.3) is 0 Å². The topological polar surface area (TPSA) is 102 Å². The number of fused-ring (bicyclic) bond motifs is 5. The van der Waals surface area contributed by atoms with Crippen LogP contribution in [-0.4, -0.2) is 44.4 Å². The average Bonchev–Trinajstić information content (AvgIpc) is 3.39. The van der Waals surface area contributed by atoms with Crippen LogP contribution >= 0.6 is 0 Å². The molecule has 5 rings (SSSR count). The first-order chi connectivity index (χ1) is 14.8. The minimum atomic E-state index is -0.632. The van der Waals surface area contributed by atoms with E-state index in [-0.39, 0.29) is 12.2 Å². The molecule has 1 unspecified atom stereocenters. The maximum atomic E-state index is 12.7. The lowest BCUT2D eigenvalue weighted by molar-refractivity contribution is -0.139. The number of rotatable bonds is 4. The van der Waals surface area contributed by atoms with Crippen LogP contribution in [0, 0.1) is 0 Å². The molecule has 0 saturated carbocycles. The number of pyridine rings is 1. The van der Waals surface area contributed by atoms with Gasteiger partial charge in [-0.1, -0.05) is 6.92 Å². The van der Waals surface area contributed by atoms with Crippen LogP contribution in [0.4, 0.5) is 0 Å². The zero-order valence-electron chi connectivity index (χ0n) is 18.3. The minimum absolute atomic E-state index is 0.212. The van der Waals surface area contributed by atoms with Crippen molar-refractivity contribution in [2.75, 3.05) is 6.61 Å². The molecule has 0 aliphatic carbocycles. The van der Waals surface area contributed by atoms with Crippen molar-refractivity contribution < 1.29 is 19.0 Å². The van der Waals surface area contributed by atoms with Gasteiger partial charge in [0.15, 0.2) is 11.5 Å². The second-order valence-corrected chi connectivity index (χ2v) is 8.63. The van der Waals surface area contributed by atoms with E-state index in [2.05, 4.69) is 15.0 Å². The molecule has 31 heavy (non-hydrogen) atoms. The lowest BCUT2D eigenvalue weighted by Gasteiger charge is -2.15. The molecule has 0 amide bonds. The van der Waals surface area contributed by atoms with Crippen LogP contribution in [0.3, 0.4) is 0 Å². The predicted molar refractivity (Wildman–Crippen MR) is 117 cm³/mol. The molecule has 4 aromatic rings.